The maximum Gasteiger partial charge on any atom is 0.183 e. The average molecular weight is 522 g/mol. The average Bonchev–Trinajstić information content (AvgIpc) is 2.88. The predicted octanol–water partition coefficient (Wildman–Crippen LogP) is 9.55. The molecule has 0 aliphatic rings. The topological polar surface area (TPSA) is 63.6 Å². The van der Waals surface area contributed by atoms with Crippen LogP contribution in [0.2, 0.25) is 0 Å². The molecular weight excluding hydrogens is 465 g/mol. The van der Waals surface area contributed by atoms with Gasteiger partial charge in [-0.15, -0.1) is 0 Å². The molecule has 0 aromatic rings. The lowest BCUT2D eigenvalue weighted by Gasteiger charge is -2.13. The maximum absolute atomic E-state index is 12.4. The van der Waals surface area contributed by atoms with Crippen molar-refractivity contribution < 1.29 is 18.8 Å². The van der Waals surface area contributed by atoms with Crippen molar-refractivity contribution in [2.24, 2.45) is 10.9 Å². The van der Waals surface area contributed by atoms with Crippen LogP contribution >= 0.6 is 0 Å². The van der Waals surface area contributed by atoms with Crippen molar-refractivity contribution in [1.29, 1.82) is 0 Å². The van der Waals surface area contributed by atoms with Gasteiger partial charge in [0, 0.05) is 19.4 Å². The molecule has 0 aliphatic carbocycles. The minimum Gasteiger partial charge on any atom is -0.300 e. The van der Waals surface area contributed by atoms with Crippen molar-refractivity contribution in [1.82, 2.24) is 0 Å². The third kappa shape index (κ3) is 28.0. The second-order valence-electron chi connectivity index (χ2n) is 8.50. The van der Waals surface area contributed by atoms with Crippen molar-refractivity contribution in [2.75, 3.05) is 7.05 Å². The molecule has 0 bridgehead atoms. The number of hydrogen-bond donors (Lipinski definition) is 0. The van der Waals surface area contributed by atoms with Gasteiger partial charge in [-0.2, -0.15) is 0 Å². The number of carbonyl (C=O) groups is 3. The third-order valence-electron chi connectivity index (χ3n) is 5.24. The molecule has 0 radical (unpaired) electrons. The Kier molecular flexibility index (Phi) is 33.6. The van der Waals surface area contributed by atoms with Gasteiger partial charge >= 0.3 is 0 Å². The number of halogens is 1. The van der Waals surface area contributed by atoms with Crippen LogP contribution in [0.15, 0.2) is 52.3 Å². The number of rotatable bonds is 13. The number of Topliss-reactive ketones (excluding diaryl/α,β-unsaturated/α-hetero) is 3. The standard InChI is InChI=1S/C13H23NO.C9H16O.C8H11FO.C2H6/c1-5-8-11(9-6-2)13(15)12(14-4)10-7-3;1-4-8(2)6-5-7-9(3)10;1-4-8(9)5-6(2)7(3)10;1-2/h7,10-11H,5-6,8-9H2,1-4H3;4H,5-7H2,1-3H3;4-5H,1-3H3;1-2H3/b10-7-,14-12?;8-4+;6-5+,8-4+;. The molecular formula is C32H56FNO3. The summed E-state index contributed by atoms with van der Waals surface area (Å²) in [7, 11) is 1.68. The van der Waals surface area contributed by atoms with E-state index < -0.39 is 0 Å². The normalized spacial score (nSPS) is 12.2. The van der Waals surface area contributed by atoms with E-state index in [2.05, 4.69) is 31.8 Å². The summed E-state index contributed by atoms with van der Waals surface area (Å²) in [6.45, 7) is 20.5. The molecule has 0 N–H and O–H groups in total. The van der Waals surface area contributed by atoms with Crippen LogP contribution < -0.4 is 0 Å². The van der Waals surface area contributed by atoms with Crippen LogP contribution in [0, 0.1) is 5.92 Å². The number of ketones is 3. The summed E-state index contributed by atoms with van der Waals surface area (Å²) in [4.78, 5) is 37.1. The van der Waals surface area contributed by atoms with Crippen molar-refractivity contribution >= 4 is 23.1 Å². The molecule has 0 atom stereocenters. The summed E-state index contributed by atoms with van der Waals surface area (Å²) in [5.74, 6) is 0.197. The molecule has 5 heteroatoms. The number of hydrogen-bond acceptors (Lipinski definition) is 4. The molecule has 0 amide bonds. The molecule has 4 nitrogen and oxygen atoms in total. The summed E-state index contributed by atoms with van der Waals surface area (Å²) in [5, 5.41) is 0. The Morgan fingerprint density at radius 3 is 1.70 bits per heavy atom. The van der Waals surface area contributed by atoms with Gasteiger partial charge in [0.15, 0.2) is 11.6 Å². The zero-order valence-corrected chi connectivity index (χ0v) is 26.0. The summed E-state index contributed by atoms with van der Waals surface area (Å²) in [6.07, 6.45) is 15.2. The largest absolute Gasteiger partial charge is 0.300 e. The van der Waals surface area contributed by atoms with Gasteiger partial charge in [0.2, 0.25) is 0 Å². The SMILES string of the molecule is C/C=C(F)\C=C(/C)C(C)=O.C/C=C(\C)CCCC(C)=O.C/C=C\C(=NC)C(=O)C(CCC)CCC.CC. The lowest BCUT2D eigenvalue weighted by Crippen LogP contribution is -2.22. The van der Waals surface area contributed by atoms with Crippen LogP contribution in [-0.4, -0.2) is 30.1 Å². The van der Waals surface area contributed by atoms with E-state index in [1.807, 2.05) is 33.8 Å². The van der Waals surface area contributed by atoms with Gasteiger partial charge in [0.25, 0.3) is 0 Å². The third-order valence-corrected chi connectivity index (χ3v) is 5.24. The Labute approximate surface area is 228 Å². The molecule has 0 unspecified atom stereocenters. The van der Waals surface area contributed by atoms with Crippen LogP contribution in [-0.2, 0) is 14.4 Å². The molecule has 0 saturated carbocycles. The predicted molar refractivity (Wildman–Crippen MR) is 161 cm³/mol. The lowest BCUT2D eigenvalue weighted by atomic mass is 9.91. The quantitative estimate of drug-likeness (QED) is 0.105. The van der Waals surface area contributed by atoms with Gasteiger partial charge in [-0.1, -0.05) is 64.3 Å². The first kappa shape index (κ1) is 41.7. The van der Waals surface area contributed by atoms with Crippen molar-refractivity contribution in [2.45, 2.75) is 121 Å². The fraction of sp³-hybridized carbons (Fsp3) is 0.625. The molecule has 0 fully saturated rings. The highest BCUT2D eigenvalue weighted by Gasteiger charge is 2.19. The van der Waals surface area contributed by atoms with E-state index >= 15 is 0 Å². The smallest absolute Gasteiger partial charge is 0.183 e. The number of allylic oxidation sites excluding steroid dienone is 8. The first-order valence-electron chi connectivity index (χ1n) is 13.7. The fourth-order valence-electron chi connectivity index (χ4n) is 2.89. The van der Waals surface area contributed by atoms with Crippen LogP contribution in [0.25, 0.3) is 0 Å². The van der Waals surface area contributed by atoms with Crippen LogP contribution in [0.1, 0.15) is 121 Å². The van der Waals surface area contributed by atoms with E-state index in [0.717, 1.165) is 44.9 Å². The Morgan fingerprint density at radius 2 is 1.38 bits per heavy atom. The first-order valence-corrected chi connectivity index (χ1v) is 13.7. The molecule has 0 rings (SSSR count). The second-order valence-corrected chi connectivity index (χ2v) is 8.50. The molecule has 0 spiro atoms. The maximum atomic E-state index is 12.4. The van der Waals surface area contributed by atoms with Gasteiger partial charge in [-0.05, 0) is 91.9 Å². The molecule has 0 aromatic heterocycles. The highest BCUT2D eigenvalue weighted by Crippen LogP contribution is 2.16. The lowest BCUT2D eigenvalue weighted by molar-refractivity contribution is -0.117. The van der Waals surface area contributed by atoms with Gasteiger partial charge < -0.3 is 4.79 Å². The van der Waals surface area contributed by atoms with E-state index in [4.69, 9.17) is 0 Å². The highest BCUT2D eigenvalue weighted by atomic mass is 19.1. The zero-order chi connectivity index (χ0) is 29.8. The Hall–Kier alpha value is -2.43. The Bertz CT molecular complexity index is 765. The van der Waals surface area contributed by atoms with E-state index in [9.17, 15) is 18.8 Å². The first-order chi connectivity index (χ1) is 17.4. The Morgan fingerprint density at radius 1 is 0.865 bits per heavy atom. The van der Waals surface area contributed by atoms with Gasteiger partial charge in [0.1, 0.15) is 11.6 Å². The minimum absolute atomic E-state index is 0.1000. The van der Waals surface area contributed by atoms with Gasteiger partial charge in [-0.3, -0.25) is 14.6 Å². The van der Waals surface area contributed by atoms with E-state index in [0.29, 0.717) is 17.1 Å². The molecule has 0 saturated heterocycles. The summed E-state index contributed by atoms with van der Waals surface area (Å²) < 4.78 is 12.4. The monoisotopic (exact) mass is 521 g/mol. The number of aliphatic imine (C=N–C) groups is 1. The van der Waals surface area contributed by atoms with Crippen molar-refractivity contribution in [3.05, 3.63) is 47.4 Å². The number of nitrogens with zero attached hydrogens (tertiary/aromatic N) is 1. The van der Waals surface area contributed by atoms with E-state index in [1.165, 1.54) is 24.6 Å². The molecule has 0 aliphatic heterocycles. The van der Waals surface area contributed by atoms with Crippen molar-refractivity contribution in [3.8, 4) is 0 Å². The number of carbonyl (C=O) groups excluding carboxylic acids is 3. The summed E-state index contributed by atoms with van der Waals surface area (Å²) in [6, 6.07) is 0. The zero-order valence-electron chi connectivity index (χ0n) is 26.0. The minimum atomic E-state index is -0.368. The van der Waals surface area contributed by atoms with E-state index in [1.54, 1.807) is 33.9 Å². The molecule has 0 aromatic carbocycles. The fourth-order valence-corrected chi connectivity index (χ4v) is 2.89. The van der Waals surface area contributed by atoms with Crippen molar-refractivity contribution in [3.63, 3.8) is 0 Å². The van der Waals surface area contributed by atoms with E-state index in [-0.39, 0.29) is 23.3 Å². The van der Waals surface area contributed by atoms with Crippen LogP contribution in [0.5, 0.6) is 0 Å². The Balaban J connectivity index is -0.000000220. The highest BCUT2D eigenvalue weighted by molar-refractivity contribution is 6.44. The molecule has 37 heavy (non-hydrogen) atoms. The van der Waals surface area contributed by atoms with Gasteiger partial charge in [-0.25, -0.2) is 4.39 Å². The molecule has 214 valence electrons. The van der Waals surface area contributed by atoms with Crippen LogP contribution in [0.3, 0.4) is 0 Å². The van der Waals surface area contributed by atoms with Gasteiger partial charge in [0.05, 0.1) is 5.71 Å². The summed E-state index contributed by atoms with van der Waals surface area (Å²) in [5.41, 5.74) is 2.43. The summed E-state index contributed by atoms with van der Waals surface area (Å²) >= 11 is 0. The molecule has 0 heterocycles. The van der Waals surface area contributed by atoms with Crippen LogP contribution in [0.4, 0.5) is 4.39 Å². The second kappa shape index (κ2) is 29.8.